The van der Waals surface area contributed by atoms with Gasteiger partial charge >= 0.3 is 0 Å². The van der Waals surface area contributed by atoms with Crippen LogP contribution >= 0.6 is 11.6 Å². The van der Waals surface area contributed by atoms with Crippen LogP contribution in [0.2, 0.25) is 5.02 Å². The van der Waals surface area contributed by atoms with Crippen molar-refractivity contribution in [1.29, 1.82) is 0 Å². The van der Waals surface area contributed by atoms with E-state index in [0.29, 0.717) is 22.8 Å². The Balaban J connectivity index is 2.16. The molecule has 0 amide bonds. The first-order valence-corrected chi connectivity index (χ1v) is 6.56. The van der Waals surface area contributed by atoms with E-state index in [2.05, 4.69) is 24.3 Å². The second kappa shape index (κ2) is 5.15. The van der Waals surface area contributed by atoms with E-state index in [9.17, 15) is 0 Å². The van der Waals surface area contributed by atoms with Crippen molar-refractivity contribution in [3.8, 4) is 0 Å². The van der Waals surface area contributed by atoms with Crippen LogP contribution in [0.15, 0.2) is 18.2 Å². The molecule has 2 rings (SSSR count). The molecule has 0 aliphatic carbocycles. The van der Waals surface area contributed by atoms with Gasteiger partial charge in [0.05, 0.1) is 16.4 Å². The Morgan fingerprint density at radius 1 is 1.29 bits per heavy atom. The smallest absolute Gasteiger partial charge is 0.0752 e. The molecule has 1 heterocycles. The lowest BCUT2D eigenvalue weighted by Gasteiger charge is -2.39. The first-order valence-electron chi connectivity index (χ1n) is 6.18. The summed E-state index contributed by atoms with van der Waals surface area (Å²) in [5.74, 6) is 0. The summed E-state index contributed by atoms with van der Waals surface area (Å²) in [5, 5.41) is 2.89. The Morgan fingerprint density at radius 3 is 2.59 bits per heavy atom. The number of rotatable bonds is 2. The van der Waals surface area contributed by atoms with Gasteiger partial charge in [0.2, 0.25) is 0 Å². The zero-order valence-electron chi connectivity index (χ0n) is 10.4. The fraction of sp³-hybridized carbons (Fsp3) is 0.538. The van der Waals surface area contributed by atoms with Crippen molar-refractivity contribution in [3.63, 3.8) is 0 Å². The van der Waals surface area contributed by atoms with Crippen molar-refractivity contribution in [2.24, 2.45) is 0 Å². The summed E-state index contributed by atoms with van der Waals surface area (Å²) in [4.78, 5) is 0. The minimum Gasteiger partial charge on any atom is -0.396 e. The molecular formula is C13H20ClN3. The molecule has 0 saturated carbocycles. The zero-order valence-corrected chi connectivity index (χ0v) is 11.2. The van der Waals surface area contributed by atoms with Crippen LogP contribution in [-0.2, 0) is 0 Å². The van der Waals surface area contributed by atoms with Gasteiger partial charge in [0, 0.05) is 12.1 Å². The fourth-order valence-electron chi connectivity index (χ4n) is 2.42. The van der Waals surface area contributed by atoms with E-state index >= 15 is 0 Å². The van der Waals surface area contributed by atoms with Crippen LogP contribution in [0.4, 0.5) is 11.4 Å². The van der Waals surface area contributed by atoms with Crippen molar-refractivity contribution in [1.82, 2.24) is 5.01 Å². The first-order chi connectivity index (χ1) is 8.09. The Hall–Kier alpha value is -0.930. The highest BCUT2D eigenvalue weighted by molar-refractivity contribution is 6.33. The molecule has 0 radical (unpaired) electrons. The molecule has 1 aromatic rings. The molecule has 1 aliphatic rings. The molecule has 1 fully saturated rings. The number of halogens is 1. The summed E-state index contributed by atoms with van der Waals surface area (Å²) in [6.07, 6.45) is 3.74. The zero-order chi connectivity index (χ0) is 12.4. The molecule has 1 aromatic carbocycles. The molecule has 17 heavy (non-hydrogen) atoms. The summed E-state index contributed by atoms with van der Waals surface area (Å²) in [6, 6.07) is 6.75. The lowest BCUT2D eigenvalue weighted by Crippen LogP contribution is -2.47. The number of para-hydroxylation sites is 1. The molecule has 3 N–H and O–H groups in total. The van der Waals surface area contributed by atoms with E-state index in [1.54, 1.807) is 0 Å². The predicted molar refractivity (Wildman–Crippen MR) is 74.1 cm³/mol. The van der Waals surface area contributed by atoms with Crippen LogP contribution in [0.3, 0.4) is 0 Å². The van der Waals surface area contributed by atoms with Gasteiger partial charge in [0.25, 0.3) is 0 Å². The predicted octanol–water partition coefficient (Wildman–Crippen LogP) is 3.51. The highest BCUT2D eigenvalue weighted by atomic mass is 35.5. The topological polar surface area (TPSA) is 41.3 Å². The molecule has 2 unspecified atom stereocenters. The quantitative estimate of drug-likeness (QED) is 0.793. The maximum absolute atomic E-state index is 6.02. The number of piperidine rings is 1. The summed E-state index contributed by atoms with van der Waals surface area (Å²) >= 11 is 6.02. The lowest BCUT2D eigenvalue weighted by atomic mass is 10.00. The molecule has 2 atom stereocenters. The lowest BCUT2D eigenvalue weighted by molar-refractivity contribution is 0.136. The van der Waals surface area contributed by atoms with Crippen molar-refractivity contribution in [2.75, 3.05) is 11.2 Å². The highest BCUT2D eigenvalue weighted by Crippen LogP contribution is 2.30. The molecule has 1 aliphatic heterocycles. The van der Waals surface area contributed by atoms with Gasteiger partial charge in [-0.05, 0) is 38.8 Å². The number of nitrogens with one attached hydrogen (secondary N) is 1. The molecule has 1 saturated heterocycles. The van der Waals surface area contributed by atoms with E-state index in [1.165, 1.54) is 19.3 Å². The highest BCUT2D eigenvalue weighted by Gasteiger charge is 2.25. The molecular weight excluding hydrogens is 234 g/mol. The van der Waals surface area contributed by atoms with Crippen LogP contribution in [0, 0.1) is 0 Å². The number of hydrogen-bond donors (Lipinski definition) is 2. The van der Waals surface area contributed by atoms with Gasteiger partial charge in [0.1, 0.15) is 0 Å². The normalized spacial score (nSPS) is 25.8. The Kier molecular flexibility index (Phi) is 3.79. The number of anilines is 2. The van der Waals surface area contributed by atoms with E-state index in [4.69, 9.17) is 17.3 Å². The Bertz CT molecular complexity index is 384. The third-order valence-corrected chi connectivity index (χ3v) is 3.83. The third-order valence-electron chi connectivity index (χ3n) is 3.50. The summed E-state index contributed by atoms with van der Waals surface area (Å²) in [5.41, 5.74) is 10.9. The minimum absolute atomic E-state index is 0.525. The van der Waals surface area contributed by atoms with Gasteiger partial charge in [-0.3, -0.25) is 0 Å². The van der Waals surface area contributed by atoms with Crippen molar-refractivity contribution >= 4 is 23.0 Å². The van der Waals surface area contributed by atoms with E-state index in [1.807, 2.05) is 18.2 Å². The maximum Gasteiger partial charge on any atom is 0.0752 e. The van der Waals surface area contributed by atoms with Gasteiger partial charge in [-0.25, -0.2) is 5.01 Å². The number of nitrogens with two attached hydrogens (primary N) is 1. The Morgan fingerprint density at radius 2 is 1.94 bits per heavy atom. The number of benzene rings is 1. The van der Waals surface area contributed by atoms with E-state index in [0.717, 1.165) is 5.69 Å². The minimum atomic E-state index is 0.525. The Labute approximate surface area is 108 Å². The van der Waals surface area contributed by atoms with Crippen LogP contribution in [0.25, 0.3) is 0 Å². The van der Waals surface area contributed by atoms with Crippen LogP contribution in [-0.4, -0.2) is 17.1 Å². The van der Waals surface area contributed by atoms with Crippen molar-refractivity contribution < 1.29 is 0 Å². The third kappa shape index (κ3) is 2.67. The van der Waals surface area contributed by atoms with E-state index in [-0.39, 0.29) is 0 Å². The van der Waals surface area contributed by atoms with Gasteiger partial charge in [0.15, 0.2) is 0 Å². The fourth-order valence-corrected chi connectivity index (χ4v) is 2.59. The SMILES string of the molecule is CC1CCCC(C)N1Nc1cccc(Cl)c1N. The van der Waals surface area contributed by atoms with Gasteiger partial charge in [-0.2, -0.15) is 0 Å². The molecule has 4 heteroatoms. The average molecular weight is 254 g/mol. The molecule has 3 nitrogen and oxygen atoms in total. The number of nitrogens with zero attached hydrogens (tertiary/aromatic N) is 1. The molecule has 0 bridgehead atoms. The second-order valence-electron chi connectivity index (χ2n) is 4.85. The maximum atomic E-state index is 6.02. The van der Waals surface area contributed by atoms with Crippen molar-refractivity contribution in [3.05, 3.63) is 23.2 Å². The summed E-state index contributed by atoms with van der Waals surface area (Å²) in [6.45, 7) is 4.48. The monoisotopic (exact) mass is 253 g/mol. The molecule has 94 valence electrons. The summed E-state index contributed by atoms with van der Waals surface area (Å²) in [7, 11) is 0. The number of hydrogen-bond acceptors (Lipinski definition) is 3. The van der Waals surface area contributed by atoms with Gasteiger partial charge < -0.3 is 11.2 Å². The van der Waals surface area contributed by atoms with E-state index < -0.39 is 0 Å². The van der Waals surface area contributed by atoms with Crippen LogP contribution in [0.1, 0.15) is 33.1 Å². The first kappa shape index (κ1) is 12.5. The number of nitrogen functional groups attached to an aromatic ring is 1. The molecule has 0 aromatic heterocycles. The second-order valence-corrected chi connectivity index (χ2v) is 5.26. The summed E-state index contributed by atoms with van der Waals surface area (Å²) < 4.78 is 0. The van der Waals surface area contributed by atoms with Crippen molar-refractivity contribution in [2.45, 2.75) is 45.2 Å². The van der Waals surface area contributed by atoms with Crippen LogP contribution < -0.4 is 11.2 Å². The standard InChI is InChI=1S/C13H20ClN3/c1-9-5-3-6-10(2)17(9)16-12-8-4-7-11(14)13(12)15/h4,7-10,16H,3,5-6,15H2,1-2H3. The van der Waals surface area contributed by atoms with Gasteiger partial charge in [-0.1, -0.05) is 24.1 Å². The van der Waals surface area contributed by atoms with Gasteiger partial charge in [-0.15, -0.1) is 0 Å². The average Bonchev–Trinajstić information content (AvgIpc) is 2.29. The number of hydrazine groups is 1. The molecule has 0 spiro atoms. The van der Waals surface area contributed by atoms with Crippen LogP contribution in [0.5, 0.6) is 0 Å². The largest absolute Gasteiger partial charge is 0.396 e.